The molecule has 5 heteroatoms. The highest BCUT2D eigenvalue weighted by molar-refractivity contribution is 9.10. The quantitative estimate of drug-likeness (QED) is 0.750. The Hall–Kier alpha value is -1.14. The van der Waals surface area contributed by atoms with Crippen molar-refractivity contribution in [3.05, 3.63) is 64.1 Å². The second kappa shape index (κ2) is 6.77. The van der Waals surface area contributed by atoms with E-state index in [1.54, 1.807) is 13.8 Å². The van der Waals surface area contributed by atoms with Gasteiger partial charge in [-0.25, -0.2) is 0 Å². The lowest BCUT2D eigenvalue weighted by molar-refractivity contribution is 0.0778. The molecule has 1 heterocycles. The fourth-order valence-corrected chi connectivity index (χ4v) is 3.39. The van der Waals surface area contributed by atoms with Crippen molar-refractivity contribution in [1.29, 1.82) is 0 Å². The van der Waals surface area contributed by atoms with Crippen LogP contribution in [0.5, 0.6) is 0 Å². The molecule has 3 nitrogen and oxygen atoms in total. The highest BCUT2D eigenvalue weighted by Crippen LogP contribution is 2.29. The fraction of sp³-hybridized carbons (Fsp3) is 0.333. The second-order valence-electron chi connectivity index (χ2n) is 6.61. The van der Waals surface area contributed by atoms with Gasteiger partial charge in [-0.3, -0.25) is 0 Å². The Labute approximate surface area is 146 Å². The first-order valence-electron chi connectivity index (χ1n) is 7.55. The van der Waals surface area contributed by atoms with Gasteiger partial charge >= 0.3 is 7.12 Å². The van der Waals surface area contributed by atoms with Crippen molar-refractivity contribution in [3.8, 4) is 0 Å². The van der Waals surface area contributed by atoms with Crippen molar-refractivity contribution in [1.82, 2.24) is 0 Å². The molecule has 0 aliphatic carbocycles. The third-order valence-electron chi connectivity index (χ3n) is 3.81. The number of halogens is 1. The predicted molar refractivity (Wildman–Crippen MR) is 97.5 cm³/mol. The van der Waals surface area contributed by atoms with Crippen LogP contribution in [-0.4, -0.2) is 17.2 Å². The van der Waals surface area contributed by atoms with Gasteiger partial charge in [-0.2, -0.15) is 0 Å². The number of benzene rings is 2. The van der Waals surface area contributed by atoms with E-state index in [0.29, 0.717) is 0 Å². The Morgan fingerprint density at radius 3 is 2.13 bits per heavy atom. The highest BCUT2D eigenvalue weighted by atomic mass is 79.9. The van der Waals surface area contributed by atoms with Crippen molar-refractivity contribution in [2.75, 3.05) is 0 Å². The number of hydrogen-bond donors (Lipinski definition) is 2. The molecule has 0 fully saturated rings. The van der Waals surface area contributed by atoms with Crippen LogP contribution in [0.15, 0.2) is 53.0 Å². The molecule has 122 valence electrons. The summed E-state index contributed by atoms with van der Waals surface area (Å²) in [5.74, 6) is 0. The third-order valence-corrected chi connectivity index (χ3v) is 4.51. The monoisotopic (exact) mass is 376 g/mol. The third kappa shape index (κ3) is 4.24. The Morgan fingerprint density at radius 1 is 1.04 bits per heavy atom. The standard InChI is InChI=1S/C9H11BO2.C9H11BrO/c1-9(2)7-5-3-4-6-8(7)10(11)12-9;1-9(2,11)7-5-3-4-6-8(7)10/h3-6,11H,1-2H3;3-6,11H,1-2H3. The highest BCUT2D eigenvalue weighted by Gasteiger charge is 2.39. The average molecular weight is 377 g/mol. The van der Waals surface area contributed by atoms with Gasteiger partial charge in [0.25, 0.3) is 0 Å². The summed E-state index contributed by atoms with van der Waals surface area (Å²) in [5.41, 5.74) is 1.77. The molecule has 0 spiro atoms. The molecule has 1 aliphatic rings. The van der Waals surface area contributed by atoms with Gasteiger partial charge in [0, 0.05) is 4.47 Å². The molecular formula is C18H22BBrO3. The van der Waals surface area contributed by atoms with Crippen LogP contribution < -0.4 is 5.46 Å². The number of hydrogen-bond acceptors (Lipinski definition) is 3. The first kappa shape index (κ1) is 18.2. The van der Waals surface area contributed by atoms with Crippen LogP contribution in [0.25, 0.3) is 0 Å². The summed E-state index contributed by atoms with van der Waals surface area (Å²) >= 11 is 3.37. The largest absolute Gasteiger partial charge is 0.492 e. The SMILES string of the molecule is CC(C)(O)c1ccccc1Br.CC1(C)OB(O)c2ccccc21. The van der Waals surface area contributed by atoms with Gasteiger partial charge in [-0.1, -0.05) is 58.4 Å². The van der Waals surface area contributed by atoms with E-state index in [1.165, 1.54) is 0 Å². The van der Waals surface area contributed by atoms with Gasteiger partial charge in [0.05, 0.1) is 11.2 Å². The molecule has 0 amide bonds. The minimum atomic E-state index is -0.764. The molecule has 2 aromatic rings. The molecular weight excluding hydrogens is 355 g/mol. The van der Waals surface area contributed by atoms with Gasteiger partial charge in [-0.15, -0.1) is 0 Å². The van der Waals surface area contributed by atoms with Crippen molar-refractivity contribution in [2.45, 2.75) is 38.9 Å². The summed E-state index contributed by atoms with van der Waals surface area (Å²) in [5, 5.41) is 19.1. The van der Waals surface area contributed by atoms with E-state index >= 15 is 0 Å². The maximum absolute atomic E-state index is 9.64. The molecule has 0 saturated carbocycles. The van der Waals surface area contributed by atoms with Crippen LogP contribution >= 0.6 is 15.9 Å². The minimum absolute atomic E-state index is 0.351. The normalized spacial score (nSPS) is 15.7. The summed E-state index contributed by atoms with van der Waals surface area (Å²) in [6, 6.07) is 15.4. The average Bonchev–Trinajstić information content (AvgIpc) is 2.69. The summed E-state index contributed by atoms with van der Waals surface area (Å²) in [7, 11) is -0.754. The summed E-state index contributed by atoms with van der Waals surface area (Å²) in [6.07, 6.45) is 0. The lowest BCUT2D eigenvalue weighted by Crippen LogP contribution is -2.28. The van der Waals surface area contributed by atoms with E-state index in [9.17, 15) is 10.1 Å². The summed E-state index contributed by atoms with van der Waals surface area (Å²) < 4.78 is 6.33. The zero-order valence-electron chi connectivity index (χ0n) is 13.9. The van der Waals surface area contributed by atoms with E-state index in [1.807, 2.05) is 62.4 Å². The Balaban J connectivity index is 0.000000168. The van der Waals surface area contributed by atoms with Crippen molar-refractivity contribution < 1.29 is 14.8 Å². The van der Waals surface area contributed by atoms with Crippen LogP contribution in [0.2, 0.25) is 0 Å². The maximum Gasteiger partial charge on any atom is 0.492 e. The van der Waals surface area contributed by atoms with Crippen molar-refractivity contribution in [3.63, 3.8) is 0 Å². The van der Waals surface area contributed by atoms with Crippen molar-refractivity contribution in [2.24, 2.45) is 0 Å². The van der Waals surface area contributed by atoms with Gasteiger partial charge in [0.2, 0.25) is 0 Å². The zero-order valence-corrected chi connectivity index (χ0v) is 15.5. The molecule has 0 bridgehead atoms. The first-order chi connectivity index (χ1) is 10.6. The summed E-state index contributed by atoms with van der Waals surface area (Å²) in [4.78, 5) is 0. The van der Waals surface area contributed by atoms with E-state index < -0.39 is 12.7 Å². The molecule has 0 unspecified atom stereocenters. The molecule has 0 aromatic heterocycles. The van der Waals surface area contributed by atoms with E-state index in [-0.39, 0.29) is 5.60 Å². The van der Waals surface area contributed by atoms with Gasteiger partial charge in [0.15, 0.2) is 0 Å². The van der Waals surface area contributed by atoms with Gasteiger partial charge < -0.3 is 14.8 Å². The second-order valence-corrected chi connectivity index (χ2v) is 7.46. The number of aliphatic hydroxyl groups is 1. The Bertz CT molecular complexity index is 680. The Morgan fingerprint density at radius 2 is 1.61 bits per heavy atom. The Kier molecular flexibility index (Phi) is 5.36. The number of fused-ring (bicyclic) bond motifs is 1. The molecule has 3 rings (SSSR count). The molecule has 0 atom stereocenters. The molecule has 23 heavy (non-hydrogen) atoms. The van der Waals surface area contributed by atoms with Crippen LogP contribution in [-0.2, 0) is 15.9 Å². The first-order valence-corrected chi connectivity index (χ1v) is 8.35. The van der Waals surface area contributed by atoms with E-state index in [0.717, 1.165) is 21.1 Å². The number of rotatable bonds is 1. The van der Waals surface area contributed by atoms with Crippen LogP contribution in [0.3, 0.4) is 0 Å². The van der Waals surface area contributed by atoms with Gasteiger partial charge in [0.1, 0.15) is 0 Å². The molecule has 0 saturated heterocycles. The van der Waals surface area contributed by atoms with Crippen LogP contribution in [0.4, 0.5) is 0 Å². The van der Waals surface area contributed by atoms with E-state index in [2.05, 4.69) is 15.9 Å². The zero-order chi connectivity index (χ0) is 17.3. The fourth-order valence-electron chi connectivity index (χ4n) is 2.62. The molecule has 1 aliphatic heterocycles. The summed E-state index contributed by atoms with van der Waals surface area (Å²) in [6.45, 7) is 7.46. The van der Waals surface area contributed by atoms with Crippen LogP contribution in [0, 0.1) is 0 Å². The minimum Gasteiger partial charge on any atom is -0.423 e. The predicted octanol–water partition coefficient (Wildman–Crippen LogP) is 3.32. The topological polar surface area (TPSA) is 49.7 Å². The lowest BCUT2D eigenvalue weighted by Gasteiger charge is -2.19. The van der Waals surface area contributed by atoms with Gasteiger partial charge in [-0.05, 0) is 50.4 Å². The lowest BCUT2D eigenvalue weighted by atomic mass is 9.78. The van der Waals surface area contributed by atoms with Crippen molar-refractivity contribution >= 4 is 28.5 Å². The molecule has 2 N–H and O–H groups in total. The molecule has 2 aromatic carbocycles. The van der Waals surface area contributed by atoms with E-state index in [4.69, 9.17) is 4.65 Å². The maximum atomic E-state index is 9.64. The smallest absolute Gasteiger partial charge is 0.423 e. The van der Waals surface area contributed by atoms with Crippen LogP contribution in [0.1, 0.15) is 38.8 Å². The molecule has 0 radical (unpaired) electrons.